The monoisotopic (exact) mass is 385 g/mol. The summed E-state index contributed by atoms with van der Waals surface area (Å²) < 4.78 is 0. The van der Waals surface area contributed by atoms with Gasteiger partial charge in [0, 0.05) is 31.2 Å². The molecule has 0 saturated carbocycles. The Labute approximate surface area is 166 Å². The number of nitrogens with one attached hydrogen (secondary N) is 2. The lowest BCUT2D eigenvalue weighted by Gasteiger charge is -2.30. The number of hydrogen-bond donors (Lipinski definition) is 2. The van der Waals surface area contributed by atoms with E-state index in [4.69, 9.17) is 0 Å². The molecule has 0 unspecified atom stereocenters. The Balaban J connectivity index is 1.43. The molecule has 2 N–H and O–H groups in total. The van der Waals surface area contributed by atoms with Gasteiger partial charge in [-0.3, -0.25) is 9.89 Å². The Hall–Kier alpha value is -1.92. The van der Waals surface area contributed by atoms with Crippen LogP contribution in [0.4, 0.5) is 0 Å². The highest BCUT2D eigenvalue weighted by Gasteiger charge is 2.15. The van der Waals surface area contributed by atoms with Crippen LogP contribution in [0, 0.1) is 12.8 Å². The highest BCUT2D eigenvalue weighted by atomic mass is 32.1. The summed E-state index contributed by atoms with van der Waals surface area (Å²) in [6.07, 6.45) is 4.56. The van der Waals surface area contributed by atoms with Crippen molar-refractivity contribution in [1.29, 1.82) is 0 Å². The van der Waals surface area contributed by atoms with E-state index in [9.17, 15) is 0 Å². The summed E-state index contributed by atoms with van der Waals surface area (Å²) >= 11 is 1.71. The largest absolute Gasteiger partial charge is 0.352 e. The maximum absolute atomic E-state index is 4.37. The van der Waals surface area contributed by atoms with Gasteiger partial charge in [-0.2, -0.15) is 0 Å². The van der Waals surface area contributed by atoms with E-state index >= 15 is 0 Å². The second kappa shape index (κ2) is 9.85. The molecule has 2 aromatic rings. The summed E-state index contributed by atoms with van der Waals surface area (Å²) in [6.45, 7) is 9.42. The van der Waals surface area contributed by atoms with Crippen LogP contribution in [0.5, 0.6) is 0 Å². The zero-order chi connectivity index (χ0) is 19.1. The van der Waals surface area contributed by atoms with Crippen LogP contribution in [-0.4, -0.2) is 36.0 Å². The molecular weight excluding hydrogens is 354 g/mol. The second-order valence-electron chi connectivity index (χ2n) is 7.42. The fraction of sp³-hybridized carbons (Fsp3) is 0.524. The van der Waals surface area contributed by atoms with E-state index in [-0.39, 0.29) is 0 Å². The van der Waals surface area contributed by atoms with Gasteiger partial charge in [-0.25, -0.2) is 4.98 Å². The number of aromatic nitrogens is 1. The first-order valence-electron chi connectivity index (χ1n) is 9.78. The summed E-state index contributed by atoms with van der Waals surface area (Å²) in [5.41, 5.74) is 2.66. The maximum atomic E-state index is 4.37. The smallest absolute Gasteiger partial charge is 0.191 e. The van der Waals surface area contributed by atoms with Crippen LogP contribution in [0.1, 0.15) is 40.8 Å². The van der Waals surface area contributed by atoms with E-state index in [1.165, 1.54) is 41.9 Å². The number of likely N-dealkylation sites (tertiary alicyclic amines) is 1. The maximum Gasteiger partial charge on any atom is 0.191 e. The molecule has 1 aliphatic rings. The van der Waals surface area contributed by atoms with Crippen molar-refractivity contribution in [3.63, 3.8) is 0 Å². The number of guanidine groups is 1. The summed E-state index contributed by atoms with van der Waals surface area (Å²) in [5.74, 6) is 1.69. The number of piperidine rings is 1. The van der Waals surface area contributed by atoms with E-state index in [0.717, 1.165) is 30.0 Å². The molecule has 1 fully saturated rings. The zero-order valence-corrected chi connectivity index (χ0v) is 17.5. The summed E-state index contributed by atoms with van der Waals surface area (Å²) in [4.78, 5) is 12.5. The molecule has 1 aromatic carbocycles. The Morgan fingerprint density at radius 1 is 1.15 bits per heavy atom. The topological polar surface area (TPSA) is 52.6 Å². The van der Waals surface area contributed by atoms with Gasteiger partial charge in [0.25, 0.3) is 0 Å². The van der Waals surface area contributed by atoms with E-state index < -0.39 is 0 Å². The predicted molar refractivity (Wildman–Crippen MR) is 114 cm³/mol. The van der Waals surface area contributed by atoms with Gasteiger partial charge in [-0.1, -0.05) is 31.2 Å². The fourth-order valence-electron chi connectivity index (χ4n) is 3.29. The van der Waals surface area contributed by atoms with Crippen LogP contribution >= 0.6 is 11.3 Å². The van der Waals surface area contributed by atoms with Crippen LogP contribution in [0.2, 0.25) is 0 Å². The third-order valence-corrected chi connectivity index (χ3v) is 5.98. The molecule has 6 heteroatoms. The third-order valence-electron chi connectivity index (χ3n) is 5.07. The number of benzene rings is 1. The Morgan fingerprint density at radius 2 is 1.81 bits per heavy atom. The number of rotatable bonds is 6. The first-order chi connectivity index (χ1) is 13.1. The molecule has 1 aliphatic heterocycles. The number of nitrogens with zero attached hydrogens (tertiary/aromatic N) is 3. The Morgan fingerprint density at radius 3 is 2.44 bits per heavy atom. The molecule has 1 saturated heterocycles. The normalized spacial score (nSPS) is 16.5. The molecule has 0 spiro atoms. The summed E-state index contributed by atoms with van der Waals surface area (Å²) in [6, 6.07) is 8.94. The summed E-state index contributed by atoms with van der Waals surface area (Å²) in [5, 5.41) is 7.77. The molecule has 27 heavy (non-hydrogen) atoms. The minimum absolute atomic E-state index is 0.700. The van der Waals surface area contributed by atoms with E-state index in [0.29, 0.717) is 6.54 Å². The van der Waals surface area contributed by atoms with Crippen LogP contribution in [0.3, 0.4) is 0 Å². The Bertz CT molecular complexity index is 729. The lowest BCUT2D eigenvalue weighted by Crippen LogP contribution is -2.36. The SMILES string of the molecule is CN=C(NCc1ccc(CN2CCC(C)CC2)cc1)NCc1ncc(C)s1. The first kappa shape index (κ1) is 19.8. The lowest BCUT2D eigenvalue weighted by molar-refractivity contribution is 0.185. The first-order valence-corrected chi connectivity index (χ1v) is 10.6. The molecule has 5 nitrogen and oxygen atoms in total. The van der Waals surface area contributed by atoms with Gasteiger partial charge in [-0.05, 0) is 49.9 Å². The van der Waals surface area contributed by atoms with E-state index in [1.807, 2.05) is 6.20 Å². The van der Waals surface area contributed by atoms with E-state index in [1.54, 1.807) is 18.4 Å². The van der Waals surface area contributed by atoms with Gasteiger partial charge >= 0.3 is 0 Å². The lowest BCUT2D eigenvalue weighted by atomic mass is 9.99. The highest BCUT2D eigenvalue weighted by Crippen LogP contribution is 2.18. The van der Waals surface area contributed by atoms with Crippen molar-refractivity contribution in [2.24, 2.45) is 10.9 Å². The molecule has 0 atom stereocenters. The molecule has 0 radical (unpaired) electrons. The van der Waals surface area contributed by atoms with Crippen molar-refractivity contribution in [1.82, 2.24) is 20.5 Å². The molecule has 146 valence electrons. The van der Waals surface area contributed by atoms with Crippen LogP contribution in [0.25, 0.3) is 0 Å². The quantitative estimate of drug-likeness (QED) is 0.590. The number of hydrogen-bond acceptors (Lipinski definition) is 4. The van der Waals surface area contributed by atoms with Crippen molar-refractivity contribution >= 4 is 17.3 Å². The molecular formula is C21H31N5S. The van der Waals surface area contributed by atoms with Crippen molar-refractivity contribution < 1.29 is 0 Å². The fourth-order valence-corrected chi connectivity index (χ4v) is 4.02. The average Bonchev–Trinajstić information content (AvgIpc) is 3.10. The molecule has 0 bridgehead atoms. The Kier molecular flexibility index (Phi) is 7.24. The number of aryl methyl sites for hydroxylation is 1. The number of thiazole rings is 1. The van der Waals surface area contributed by atoms with Gasteiger partial charge in [0.15, 0.2) is 5.96 Å². The van der Waals surface area contributed by atoms with Crippen molar-refractivity contribution in [2.45, 2.75) is 46.3 Å². The molecule has 0 aliphatic carbocycles. The van der Waals surface area contributed by atoms with Gasteiger partial charge < -0.3 is 10.6 Å². The third kappa shape index (κ3) is 6.33. The molecule has 1 aromatic heterocycles. The minimum atomic E-state index is 0.700. The van der Waals surface area contributed by atoms with Gasteiger partial charge in [0.2, 0.25) is 0 Å². The second-order valence-corrected chi connectivity index (χ2v) is 8.74. The predicted octanol–water partition coefficient (Wildman–Crippen LogP) is 3.55. The van der Waals surface area contributed by atoms with Crippen LogP contribution in [-0.2, 0) is 19.6 Å². The van der Waals surface area contributed by atoms with Crippen molar-refractivity contribution in [2.75, 3.05) is 20.1 Å². The zero-order valence-electron chi connectivity index (χ0n) is 16.7. The average molecular weight is 386 g/mol. The highest BCUT2D eigenvalue weighted by molar-refractivity contribution is 7.11. The van der Waals surface area contributed by atoms with Crippen LogP contribution in [0.15, 0.2) is 35.5 Å². The standard InChI is InChI=1S/C21H31N5S/c1-16-8-10-26(11-9-16)15-19-6-4-18(5-7-19)13-24-21(22-3)25-14-20-23-12-17(2)27-20/h4-7,12,16H,8-11,13-15H2,1-3H3,(H2,22,24,25). The minimum Gasteiger partial charge on any atom is -0.352 e. The van der Waals surface area contributed by atoms with Gasteiger partial charge in [-0.15, -0.1) is 11.3 Å². The van der Waals surface area contributed by atoms with Crippen LogP contribution < -0.4 is 10.6 Å². The summed E-state index contributed by atoms with van der Waals surface area (Å²) in [7, 11) is 1.80. The molecule has 3 rings (SSSR count). The van der Waals surface area contributed by atoms with Gasteiger partial charge in [0.1, 0.15) is 5.01 Å². The van der Waals surface area contributed by atoms with Crippen molar-refractivity contribution in [3.05, 3.63) is 51.5 Å². The van der Waals surface area contributed by atoms with Gasteiger partial charge in [0.05, 0.1) is 6.54 Å². The number of aliphatic imine (C=N–C) groups is 1. The van der Waals surface area contributed by atoms with E-state index in [2.05, 4.69) is 63.6 Å². The molecule has 2 heterocycles. The van der Waals surface area contributed by atoms with Crippen molar-refractivity contribution in [3.8, 4) is 0 Å². The molecule has 0 amide bonds.